The monoisotopic (exact) mass is 340 g/mol. The molecule has 7 heteroatoms. The molecule has 0 fully saturated rings. The lowest BCUT2D eigenvalue weighted by Gasteiger charge is -2.06. The van der Waals surface area contributed by atoms with Crippen molar-refractivity contribution in [2.24, 2.45) is 5.10 Å². The van der Waals surface area contributed by atoms with Crippen LogP contribution in [0.5, 0.6) is 5.75 Å². The molecule has 0 radical (unpaired) electrons. The van der Waals surface area contributed by atoms with E-state index in [0.29, 0.717) is 10.8 Å². The average Bonchev–Trinajstić information content (AvgIpc) is 2.49. The predicted molar refractivity (Wildman–Crippen MR) is 84.1 cm³/mol. The lowest BCUT2D eigenvalue weighted by molar-refractivity contribution is -0.123. The summed E-state index contributed by atoms with van der Waals surface area (Å²) in [6.45, 7) is -0.272. The Morgan fingerprint density at radius 2 is 1.91 bits per heavy atom. The molecule has 0 bridgehead atoms. The molecule has 4 nitrogen and oxygen atoms in total. The second-order valence-corrected chi connectivity index (χ2v) is 4.96. The maximum atomic E-state index is 13.5. The van der Waals surface area contributed by atoms with Crippen molar-refractivity contribution < 1.29 is 13.9 Å². The maximum Gasteiger partial charge on any atom is 0.277 e. The van der Waals surface area contributed by atoms with Crippen LogP contribution in [0.15, 0.2) is 47.6 Å². The van der Waals surface area contributed by atoms with Crippen molar-refractivity contribution in [1.82, 2.24) is 5.43 Å². The number of hydrogen-bond donors (Lipinski definition) is 1. The average molecular weight is 341 g/mol. The highest BCUT2D eigenvalue weighted by Crippen LogP contribution is 2.22. The van der Waals surface area contributed by atoms with Gasteiger partial charge in [-0.15, -0.1) is 0 Å². The third-order valence-corrected chi connectivity index (χ3v) is 3.22. The standard InChI is InChI=1S/C15H11Cl2FN2O2/c16-11-5-3-6-13(18)10(11)8-19-20-15(21)9-22-14-7-2-1-4-12(14)17/h1-8H,9H2,(H,20,21)/b19-8-. The lowest BCUT2D eigenvalue weighted by Crippen LogP contribution is -2.24. The summed E-state index contributed by atoms with van der Waals surface area (Å²) in [5.74, 6) is -0.651. The van der Waals surface area contributed by atoms with E-state index in [1.54, 1.807) is 24.3 Å². The summed E-state index contributed by atoms with van der Waals surface area (Å²) >= 11 is 11.7. The predicted octanol–water partition coefficient (Wildman–Crippen LogP) is 3.66. The molecule has 1 N–H and O–H groups in total. The number of para-hydroxylation sites is 1. The van der Waals surface area contributed by atoms with Crippen molar-refractivity contribution in [2.75, 3.05) is 6.61 Å². The van der Waals surface area contributed by atoms with Gasteiger partial charge in [0, 0.05) is 5.56 Å². The van der Waals surface area contributed by atoms with Gasteiger partial charge in [-0.2, -0.15) is 5.10 Å². The van der Waals surface area contributed by atoms with Crippen molar-refractivity contribution in [3.8, 4) is 5.75 Å². The van der Waals surface area contributed by atoms with Gasteiger partial charge in [0.2, 0.25) is 0 Å². The number of carbonyl (C=O) groups excluding carboxylic acids is 1. The Bertz CT molecular complexity index is 687. The minimum absolute atomic E-state index is 0.0940. The lowest BCUT2D eigenvalue weighted by atomic mass is 10.2. The van der Waals surface area contributed by atoms with Crippen molar-refractivity contribution in [2.45, 2.75) is 0 Å². The molecule has 0 atom stereocenters. The van der Waals surface area contributed by atoms with Crippen LogP contribution < -0.4 is 10.2 Å². The van der Waals surface area contributed by atoms with Crippen LogP contribution in [-0.2, 0) is 4.79 Å². The molecule has 0 aliphatic carbocycles. The van der Waals surface area contributed by atoms with Crippen LogP contribution in [0.1, 0.15) is 5.56 Å². The summed E-state index contributed by atoms with van der Waals surface area (Å²) in [5.41, 5.74) is 2.31. The fourth-order valence-corrected chi connectivity index (χ4v) is 1.94. The number of carbonyl (C=O) groups is 1. The Labute approximate surface area is 136 Å². The second kappa shape index (κ2) is 7.77. The van der Waals surface area contributed by atoms with Gasteiger partial charge < -0.3 is 4.74 Å². The molecule has 2 aromatic carbocycles. The van der Waals surface area contributed by atoms with E-state index < -0.39 is 11.7 Å². The fourth-order valence-electron chi connectivity index (χ4n) is 1.54. The van der Waals surface area contributed by atoms with Gasteiger partial charge in [-0.1, -0.05) is 41.4 Å². The molecule has 0 saturated carbocycles. The van der Waals surface area contributed by atoms with Gasteiger partial charge in [0.15, 0.2) is 6.61 Å². The maximum absolute atomic E-state index is 13.5. The number of ether oxygens (including phenoxy) is 1. The molecule has 2 rings (SSSR count). The van der Waals surface area contributed by atoms with Gasteiger partial charge in [0.25, 0.3) is 5.91 Å². The first-order valence-electron chi connectivity index (χ1n) is 6.21. The minimum atomic E-state index is -0.530. The van der Waals surface area contributed by atoms with E-state index in [2.05, 4.69) is 10.5 Å². The summed E-state index contributed by atoms with van der Waals surface area (Å²) in [5, 5.41) is 4.24. The van der Waals surface area contributed by atoms with Gasteiger partial charge in [-0.3, -0.25) is 4.79 Å². The first kappa shape index (κ1) is 16.3. The smallest absolute Gasteiger partial charge is 0.277 e. The Morgan fingerprint density at radius 3 is 2.64 bits per heavy atom. The zero-order valence-electron chi connectivity index (χ0n) is 11.2. The van der Waals surface area contributed by atoms with Crippen LogP contribution in [-0.4, -0.2) is 18.7 Å². The Balaban J connectivity index is 1.88. The number of hydrogen-bond acceptors (Lipinski definition) is 3. The summed E-state index contributed by atoms with van der Waals surface area (Å²) < 4.78 is 18.7. The molecule has 1 amide bonds. The van der Waals surface area contributed by atoms with Crippen LogP contribution in [0.4, 0.5) is 4.39 Å². The second-order valence-electron chi connectivity index (χ2n) is 4.15. The molecule has 0 aliphatic heterocycles. The van der Waals surface area contributed by atoms with Crippen molar-refractivity contribution in [3.05, 3.63) is 63.9 Å². The zero-order valence-corrected chi connectivity index (χ0v) is 12.7. The Hall–Kier alpha value is -2.11. The molecule has 114 valence electrons. The number of rotatable bonds is 5. The topological polar surface area (TPSA) is 50.7 Å². The minimum Gasteiger partial charge on any atom is -0.482 e. The van der Waals surface area contributed by atoms with Gasteiger partial charge in [0.1, 0.15) is 11.6 Å². The SMILES string of the molecule is O=C(COc1ccccc1Cl)N/N=C\c1c(F)cccc1Cl. The van der Waals surface area contributed by atoms with Crippen LogP contribution in [0.3, 0.4) is 0 Å². The summed E-state index contributed by atoms with van der Waals surface area (Å²) in [6, 6.07) is 11.0. The third-order valence-electron chi connectivity index (χ3n) is 2.58. The van der Waals surface area contributed by atoms with E-state index in [1.807, 2.05) is 0 Å². The van der Waals surface area contributed by atoms with Gasteiger partial charge >= 0.3 is 0 Å². The first-order chi connectivity index (χ1) is 10.6. The van der Waals surface area contributed by atoms with E-state index in [9.17, 15) is 9.18 Å². The number of benzene rings is 2. The van der Waals surface area contributed by atoms with Crippen LogP contribution in [0, 0.1) is 5.82 Å². The third kappa shape index (κ3) is 4.44. The summed E-state index contributed by atoms with van der Waals surface area (Å²) in [7, 11) is 0. The van der Waals surface area contributed by atoms with Crippen LogP contribution in [0.25, 0.3) is 0 Å². The number of halogens is 3. The first-order valence-corrected chi connectivity index (χ1v) is 6.97. The summed E-state index contributed by atoms with van der Waals surface area (Å²) in [6.07, 6.45) is 1.13. The molecule has 0 unspecified atom stereocenters. The van der Waals surface area contributed by atoms with E-state index in [-0.39, 0.29) is 17.2 Å². The van der Waals surface area contributed by atoms with Crippen molar-refractivity contribution in [1.29, 1.82) is 0 Å². The van der Waals surface area contributed by atoms with E-state index in [0.717, 1.165) is 6.21 Å². The number of nitrogens with one attached hydrogen (secondary N) is 1. The van der Waals surface area contributed by atoms with Gasteiger partial charge in [-0.05, 0) is 24.3 Å². The number of nitrogens with zero attached hydrogens (tertiary/aromatic N) is 1. The Morgan fingerprint density at radius 1 is 1.18 bits per heavy atom. The summed E-state index contributed by atoms with van der Waals surface area (Å²) in [4.78, 5) is 11.6. The number of amides is 1. The highest BCUT2D eigenvalue weighted by atomic mass is 35.5. The van der Waals surface area contributed by atoms with E-state index in [1.165, 1.54) is 18.2 Å². The molecule has 22 heavy (non-hydrogen) atoms. The molecule has 0 heterocycles. The molecule has 2 aromatic rings. The molecule has 0 spiro atoms. The van der Waals surface area contributed by atoms with Crippen molar-refractivity contribution in [3.63, 3.8) is 0 Å². The molecule has 0 aromatic heterocycles. The van der Waals surface area contributed by atoms with Crippen molar-refractivity contribution >= 4 is 35.3 Å². The normalized spacial score (nSPS) is 10.7. The van der Waals surface area contributed by atoms with Gasteiger partial charge in [0.05, 0.1) is 16.3 Å². The van der Waals surface area contributed by atoms with E-state index >= 15 is 0 Å². The molecule has 0 aliphatic rings. The van der Waals surface area contributed by atoms with E-state index in [4.69, 9.17) is 27.9 Å². The van der Waals surface area contributed by atoms with Gasteiger partial charge in [-0.25, -0.2) is 9.82 Å². The quantitative estimate of drug-likeness (QED) is 0.667. The largest absolute Gasteiger partial charge is 0.482 e. The molecular formula is C15H11Cl2FN2O2. The van der Waals surface area contributed by atoms with Crippen LogP contribution >= 0.6 is 23.2 Å². The fraction of sp³-hybridized carbons (Fsp3) is 0.0667. The van der Waals surface area contributed by atoms with Crippen LogP contribution in [0.2, 0.25) is 10.0 Å². The molecular weight excluding hydrogens is 330 g/mol. The number of hydrazone groups is 1. The highest BCUT2D eigenvalue weighted by molar-refractivity contribution is 6.33. The Kier molecular flexibility index (Phi) is 5.75. The highest BCUT2D eigenvalue weighted by Gasteiger charge is 2.06. The zero-order chi connectivity index (χ0) is 15.9. The molecule has 0 saturated heterocycles.